The predicted molar refractivity (Wildman–Crippen MR) is 93.5 cm³/mol. The molecule has 120 valence electrons. The first-order chi connectivity index (χ1) is 11.3. The van der Waals surface area contributed by atoms with Gasteiger partial charge in [0, 0.05) is 17.6 Å². The summed E-state index contributed by atoms with van der Waals surface area (Å²) < 4.78 is 0. The minimum atomic E-state index is 0.251. The van der Waals surface area contributed by atoms with Crippen molar-refractivity contribution in [2.24, 2.45) is 5.92 Å². The molecule has 2 fully saturated rings. The van der Waals surface area contributed by atoms with E-state index in [0.717, 1.165) is 17.9 Å². The maximum Gasteiger partial charge on any atom is 0.120 e. The molecule has 1 aliphatic heterocycles. The van der Waals surface area contributed by atoms with Crippen LogP contribution in [-0.2, 0) is 0 Å². The number of hydrogen-bond acceptors (Lipinski definition) is 2. The fourth-order valence-electron chi connectivity index (χ4n) is 4.69. The van der Waals surface area contributed by atoms with Crippen molar-refractivity contribution < 1.29 is 5.11 Å². The molecule has 4 atom stereocenters. The third-order valence-corrected chi connectivity index (χ3v) is 5.78. The number of piperidine rings is 1. The van der Waals surface area contributed by atoms with Crippen LogP contribution < -0.4 is 5.32 Å². The molecule has 2 aliphatic rings. The second-order valence-corrected chi connectivity index (χ2v) is 7.09. The van der Waals surface area contributed by atoms with Crippen LogP contribution in [0.3, 0.4) is 0 Å². The van der Waals surface area contributed by atoms with Crippen molar-refractivity contribution in [3.8, 4) is 5.75 Å². The Balaban J connectivity index is 1.68. The smallest absolute Gasteiger partial charge is 0.120 e. The molecule has 0 unspecified atom stereocenters. The molecule has 0 radical (unpaired) electrons. The van der Waals surface area contributed by atoms with Crippen molar-refractivity contribution in [3.63, 3.8) is 0 Å². The Morgan fingerprint density at radius 2 is 1.61 bits per heavy atom. The maximum atomic E-state index is 10.3. The number of hydrogen-bond donors (Lipinski definition) is 2. The zero-order chi connectivity index (χ0) is 15.6. The molecule has 0 spiro atoms. The highest BCUT2D eigenvalue weighted by atomic mass is 16.3. The lowest BCUT2D eigenvalue weighted by Crippen LogP contribution is -2.48. The summed E-state index contributed by atoms with van der Waals surface area (Å²) in [6, 6.07) is 19.6. The van der Waals surface area contributed by atoms with Crippen LogP contribution in [0.15, 0.2) is 54.6 Å². The SMILES string of the molecule is Oc1ccccc1[C@@H]1C[C@@H](c2ccccc2)[C@H]2CCCC[C@H]2N1. The number of nitrogens with one attached hydrogen (secondary N) is 1. The molecule has 2 N–H and O–H groups in total. The van der Waals surface area contributed by atoms with Gasteiger partial charge in [0.1, 0.15) is 5.75 Å². The van der Waals surface area contributed by atoms with E-state index in [1.807, 2.05) is 18.2 Å². The zero-order valence-corrected chi connectivity index (χ0v) is 13.5. The summed E-state index contributed by atoms with van der Waals surface area (Å²) >= 11 is 0. The molecule has 1 saturated heterocycles. The van der Waals surface area contributed by atoms with Crippen molar-refractivity contribution in [1.29, 1.82) is 0 Å². The first-order valence-electron chi connectivity index (χ1n) is 8.92. The van der Waals surface area contributed by atoms with Crippen LogP contribution in [-0.4, -0.2) is 11.1 Å². The standard InChI is InChI=1S/C21H25NO/c23-21-13-7-5-11-17(21)20-14-18(15-8-2-1-3-9-15)16-10-4-6-12-19(16)22-20/h1-3,5,7-9,11,13,16,18-20,22-23H,4,6,10,12,14H2/t16-,18+,19-,20+/m1/s1. The van der Waals surface area contributed by atoms with Crippen LogP contribution in [0.2, 0.25) is 0 Å². The summed E-state index contributed by atoms with van der Waals surface area (Å²) in [5, 5.41) is 14.1. The number of fused-ring (bicyclic) bond motifs is 1. The molecule has 2 aromatic rings. The van der Waals surface area contributed by atoms with Gasteiger partial charge in [-0.25, -0.2) is 0 Å². The number of para-hydroxylation sites is 1. The Morgan fingerprint density at radius 3 is 2.43 bits per heavy atom. The van der Waals surface area contributed by atoms with Crippen molar-refractivity contribution >= 4 is 0 Å². The van der Waals surface area contributed by atoms with E-state index in [4.69, 9.17) is 0 Å². The first-order valence-corrected chi connectivity index (χ1v) is 8.92. The molecule has 4 rings (SSSR count). The number of benzene rings is 2. The van der Waals surface area contributed by atoms with Gasteiger partial charge in [-0.3, -0.25) is 0 Å². The van der Waals surface area contributed by atoms with Gasteiger partial charge in [0.05, 0.1) is 0 Å². The van der Waals surface area contributed by atoms with Crippen molar-refractivity contribution in [2.75, 3.05) is 0 Å². The predicted octanol–water partition coefficient (Wildman–Crippen LogP) is 4.77. The van der Waals surface area contributed by atoms with Gasteiger partial charge in [0.2, 0.25) is 0 Å². The number of phenolic OH excluding ortho intramolecular Hbond substituents is 1. The summed E-state index contributed by atoms with van der Waals surface area (Å²) in [5.74, 6) is 1.74. The second-order valence-electron chi connectivity index (χ2n) is 7.09. The molecule has 1 aliphatic carbocycles. The van der Waals surface area contributed by atoms with Crippen molar-refractivity contribution in [2.45, 2.75) is 50.1 Å². The third-order valence-electron chi connectivity index (χ3n) is 5.78. The lowest BCUT2D eigenvalue weighted by Gasteiger charge is -2.46. The summed E-state index contributed by atoms with van der Waals surface area (Å²) in [7, 11) is 0. The monoisotopic (exact) mass is 307 g/mol. The van der Waals surface area contributed by atoms with Crippen LogP contribution in [0, 0.1) is 5.92 Å². The summed E-state index contributed by atoms with van der Waals surface area (Å²) in [5.41, 5.74) is 2.52. The van der Waals surface area contributed by atoms with E-state index in [9.17, 15) is 5.11 Å². The van der Waals surface area contributed by atoms with Gasteiger partial charge in [-0.15, -0.1) is 0 Å². The third kappa shape index (κ3) is 2.88. The lowest BCUT2D eigenvalue weighted by molar-refractivity contribution is 0.148. The summed E-state index contributed by atoms with van der Waals surface area (Å²) in [6.07, 6.45) is 6.34. The van der Waals surface area contributed by atoms with Crippen LogP contribution in [0.5, 0.6) is 5.75 Å². The molecule has 2 aromatic carbocycles. The van der Waals surface area contributed by atoms with E-state index in [1.54, 1.807) is 0 Å². The van der Waals surface area contributed by atoms with E-state index < -0.39 is 0 Å². The minimum Gasteiger partial charge on any atom is -0.508 e. The first kappa shape index (κ1) is 14.8. The van der Waals surface area contributed by atoms with E-state index in [-0.39, 0.29) is 6.04 Å². The minimum absolute atomic E-state index is 0.251. The summed E-state index contributed by atoms with van der Waals surface area (Å²) in [6.45, 7) is 0. The molecular formula is C21H25NO. The largest absolute Gasteiger partial charge is 0.508 e. The molecule has 23 heavy (non-hydrogen) atoms. The fraction of sp³-hybridized carbons (Fsp3) is 0.429. The highest BCUT2D eigenvalue weighted by Gasteiger charge is 2.40. The van der Waals surface area contributed by atoms with Crippen LogP contribution in [0.4, 0.5) is 0 Å². The van der Waals surface area contributed by atoms with E-state index in [0.29, 0.717) is 17.7 Å². The van der Waals surface area contributed by atoms with Crippen LogP contribution in [0.1, 0.15) is 55.2 Å². The topological polar surface area (TPSA) is 32.3 Å². The zero-order valence-electron chi connectivity index (χ0n) is 13.5. The second kappa shape index (κ2) is 6.37. The van der Waals surface area contributed by atoms with E-state index in [1.165, 1.54) is 31.2 Å². The molecule has 2 heteroatoms. The number of aromatic hydroxyl groups is 1. The number of rotatable bonds is 2. The average molecular weight is 307 g/mol. The molecule has 0 bridgehead atoms. The lowest BCUT2D eigenvalue weighted by atomic mass is 9.68. The molecule has 0 aromatic heterocycles. The quantitative estimate of drug-likeness (QED) is 0.837. The Labute approximate surface area is 138 Å². The van der Waals surface area contributed by atoms with Crippen LogP contribution in [0.25, 0.3) is 0 Å². The van der Waals surface area contributed by atoms with Gasteiger partial charge >= 0.3 is 0 Å². The van der Waals surface area contributed by atoms with Gasteiger partial charge in [0.15, 0.2) is 0 Å². The maximum absolute atomic E-state index is 10.3. The molecule has 0 amide bonds. The average Bonchev–Trinajstić information content (AvgIpc) is 2.62. The Bertz CT molecular complexity index is 654. The Hall–Kier alpha value is -1.80. The molecule has 1 saturated carbocycles. The molecular weight excluding hydrogens is 282 g/mol. The highest BCUT2D eigenvalue weighted by molar-refractivity contribution is 5.36. The van der Waals surface area contributed by atoms with Gasteiger partial charge in [-0.1, -0.05) is 61.4 Å². The Kier molecular flexibility index (Phi) is 4.09. The molecule has 1 heterocycles. The normalized spacial score (nSPS) is 30.6. The van der Waals surface area contributed by atoms with Crippen molar-refractivity contribution in [3.05, 3.63) is 65.7 Å². The van der Waals surface area contributed by atoms with Gasteiger partial charge in [-0.2, -0.15) is 0 Å². The van der Waals surface area contributed by atoms with Gasteiger partial charge < -0.3 is 10.4 Å². The van der Waals surface area contributed by atoms with Crippen LogP contribution >= 0.6 is 0 Å². The Morgan fingerprint density at radius 1 is 0.870 bits per heavy atom. The number of phenols is 1. The summed E-state index contributed by atoms with van der Waals surface area (Å²) in [4.78, 5) is 0. The van der Waals surface area contributed by atoms with E-state index in [2.05, 4.69) is 41.7 Å². The molecule has 2 nitrogen and oxygen atoms in total. The van der Waals surface area contributed by atoms with Gasteiger partial charge in [0.25, 0.3) is 0 Å². The highest BCUT2D eigenvalue weighted by Crippen LogP contribution is 2.46. The van der Waals surface area contributed by atoms with E-state index >= 15 is 0 Å². The van der Waals surface area contributed by atoms with Gasteiger partial charge in [-0.05, 0) is 42.7 Å². The fourth-order valence-corrected chi connectivity index (χ4v) is 4.69. The van der Waals surface area contributed by atoms with Crippen molar-refractivity contribution in [1.82, 2.24) is 5.32 Å².